The largest absolute Gasteiger partial charge is 0.434 e. The van der Waals surface area contributed by atoms with Crippen molar-refractivity contribution in [1.29, 1.82) is 0 Å². The second-order valence-corrected chi connectivity index (χ2v) is 8.24. The first kappa shape index (κ1) is 22.1. The zero-order valence-electron chi connectivity index (χ0n) is 15.0. The number of hydrogen-bond acceptors (Lipinski definition) is 5. The number of aliphatic imine (C=N–C) groups is 1. The van der Waals surface area contributed by atoms with E-state index in [4.69, 9.17) is 5.14 Å². The normalized spacial score (nSPS) is 12.8. The zero-order chi connectivity index (χ0) is 20.8. The average Bonchev–Trinajstić information content (AvgIpc) is 3.09. The fourth-order valence-corrected chi connectivity index (χ4v) is 3.56. The number of alkyl halides is 3. The molecule has 0 radical (unpaired) electrons. The van der Waals surface area contributed by atoms with Crippen LogP contribution in [0.15, 0.2) is 39.5 Å². The van der Waals surface area contributed by atoms with Gasteiger partial charge in [-0.05, 0) is 24.1 Å². The average molecular weight is 435 g/mol. The number of hydrogen-bond donors (Lipinski definition) is 3. The van der Waals surface area contributed by atoms with Gasteiger partial charge >= 0.3 is 6.18 Å². The molecule has 1 aromatic carbocycles. The lowest BCUT2D eigenvalue weighted by Crippen LogP contribution is -2.39. The van der Waals surface area contributed by atoms with Crippen molar-refractivity contribution in [2.45, 2.75) is 23.9 Å². The minimum Gasteiger partial charge on any atom is -0.356 e. The van der Waals surface area contributed by atoms with E-state index in [1.165, 1.54) is 12.1 Å². The van der Waals surface area contributed by atoms with Crippen molar-refractivity contribution in [3.8, 4) is 0 Å². The highest BCUT2D eigenvalue weighted by Gasteiger charge is 2.33. The molecule has 4 N–H and O–H groups in total. The van der Waals surface area contributed by atoms with Gasteiger partial charge in [0.05, 0.1) is 9.90 Å². The molecule has 2 rings (SSSR count). The number of nitrogens with two attached hydrogens (primary N) is 1. The molecule has 7 nitrogen and oxygen atoms in total. The fourth-order valence-electron chi connectivity index (χ4n) is 2.24. The Hall–Kier alpha value is -2.18. The number of nitrogens with one attached hydrogen (secondary N) is 2. The summed E-state index contributed by atoms with van der Waals surface area (Å²) in [6.45, 7) is 0.914. The number of primary sulfonamides is 1. The number of nitrogens with zero attached hydrogens (tertiary/aromatic N) is 2. The van der Waals surface area contributed by atoms with E-state index in [2.05, 4.69) is 20.6 Å². The van der Waals surface area contributed by atoms with Gasteiger partial charge in [0.1, 0.15) is 0 Å². The maximum absolute atomic E-state index is 12.5. The molecular weight excluding hydrogens is 415 g/mol. The topological polar surface area (TPSA) is 109 Å². The summed E-state index contributed by atoms with van der Waals surface area (Å²) in [7, 11) is -2.12. The number of guanidine groups is 1. The van der Waals surface area contributed by atoms with Crippen LogP contribution in [0.5, 0.6) is 0 Å². The second-order valence-electron chi connectivity index (χ2n) is 5.74. The Labute approximate surface area is 164 Å². The Balaban J connectivity index is 1.75. The summed E-state index contributed by atoms with van der Waals surface area (Å²) in [6.07, 6.45) is -3.46. The lowest BCUT2D eigenvalue weighted by molar-refractivity contribution is -0.140. The Morgan fingerprint density at radius 3 is 2.29 bits per heavy atom. The monoisotopic (exact) mass is 435 g/mol. The van der Waals surface area contributed by atoms with E-state index in [0.717, 1.165) is 22.3 Å². The van der Waals surface area contributed by atoms with Crippen LogP contribution in [0.1, 0.15) is 16.3 Å². The van der Waals surface area contributed by atoms with Crippen LogP contribution >= 0.6 is 11.3 Å². The van der Waals surface area contributed by atoms with Gasteiger partial charge < -0.3 is 10.6 Å². The molecule has 2 aromatic rings. The van der Waals surface area contributed by atoms with Gasteiger partial charge in [0.25, 0.3) is 0 Å². The lowest BCUT2D eigenvalue weighted by Gasteiger charge is -2.11. The molecule has 1 aromatic heterocycles. The molecule has 0 fully saturated rings. The summed E-state index contributed by atoms with van der Waals surface area (Å²) in [5, 5.41) is 12.5. The Morgan fingerprint density at radius 2 is 1.79 bits per heavy atom. The molecule has 0 aliphatic rings. The minimum atomic E-state index is -4.42. The van der Waals surface area contributed by atoms with Gasteiger partial charge in [0.2, 0.25) is 10.0 Å². The van der Waals surface area contributed by atoms with E-state index in [0.29, 0.717) is 36.9 Å². The minimum absolute atomic E-state index is 0.0533. The Kier molecular flexibility index (Phi) is 7.38. The third kappa shape index (κ3) is 6.77. The standard InChI is InChI=1S/C16H20F3N5O2S2/c1-21-15(23-9-7-14-24-13(10-27-14)16(17,18)19)22-8-6-11-2-4-12(5-3-11)28(20,25)26/h2-5,10H,6-9H2,1H3,(H2,20,25,26)(H2,21,22,23). The first-order valence-electron chi connectivity index (χ1n) is 8.17. The molecule has 0 saturated carbocycles. The summed E-state index contributed by atoms with van der Waals surface area (Å²) in [4.78, 5) is 7.67. The van der Waals surface area contributed by atoms with Crippen molar-refractivity contribution < 1.29 is 21.6 Å². The van der Waals surface area contributed by atoms with E-state index in [1.807, 2.05) is 0 Å². The van der Waals surface area contributed by atoms with Gasteiger partial charge in [-0.15, -0.1) is 11.3 Å². The number of benzene rings is 1. The summed E-state index contributed by atoms with van der Waals surface area (Å²) < 4.78 is 60.0. The van der Waals surface area contributed by atoms with E-state index < -0.39 is 21.9 Å². The van der Waals surface area contributed by atoms with Crippen molar-refractivity contribution in [3.05, 3.63) is 45.9 Å². The summed E-state index contributed by atoms with van der Waals surface area (Å²) in [6, 6.07) is 6.25. The molecular formula is C16H20F3N5O2S2. The molecule has 1 heterocycles. The summed E-state index contributed by atoms with van der Waals surface area (Å²) in [5.74, 6) is 0.508. The van der Waals surface area contributed by atoms with Gasteiger partial charge in [0, 0.05) is 31.9 Å². The SMILES string of the molecule is CN=C(NCCc1ccc(S(N)(=O)=O)cc1)NCCc1nc(C(F)(F)F)cs1. The van der Waals surface area contributed by atoms with Crippen LogP contribution in [0, 0.1) is 0 Å². The molecule has 12 heteroatoms. The lowest BCUT2D eigenvalue weighted by atomic mass is 10.1. The Bertz CT molecular complexity index is 909. The zero-order valence-corrected chi connectivity index (χ0v) is 16.6. The third-order valence-electron chi connectivity index (χ3n) is 3.66. The molecule has 28 heavy (non-hydrogen) atoms. The third-order valence-corrected chi connectivity index (χ3v) is 5.49. The molecule has 0 saturated heterocycles. The number of thiazole rings is 1. The number of sulfonamides is 1. The van der Waals surface area contributed by atoms with Crippen molar-refractivity contribution in [2.75, 3.05) is 20.1 Å². The van der Waals surface area contributed by atoms with E-state index in [1.54, 1.807) is 19.2 Å². The van der Waals surface area contributed by atoms with Crippen LogP contribution in [0.3, 0.4) is 0 Å². The predicted octanol–water partition coefficient (Wildman–Crippen LogP) is 1.76. The van der Waals surface area contributed by atoms with Crippen LogP contribution in [-0.2, 0) is 29.0 Å². The first-order valence-corrected chi connectivity index (χ1v) is 10.6. The Morgan fingerprint density at radius 1 is 1.18 bits per heavy atom. The quantitative estimate of drug-likeness (QED) is 0.454. The summed E-state index contributed by atoms with van der Waals surface area (Å²) in [5.41, 5.74) is 0.0429. The molecule has 0 unspecified atom stereocenters. The van der Waals surface area contributed by atoms with Crippen LogP contribution in [0.4, 0.5) is 13.2 Å². The van der Waals surface area contributed by atoms with Gasteiger partial charge in [-0.3, -0.25) is 4.99 Å². The summed E-state index contributed by atoms with van der Waals surface area (Å²) >= 11 is 0.971. The molecule has 0 amide bonds. The van der Waals surface area contributed by atoms with E-state index in [9.17, 15) is 21.6 Å². The van der Waals surface area contributed by atoms with Gasteiger partial charge in [-0.25, -0.2) is 18.5 Å². The first-order chi connectivity index (χ1) is 13.1. The number of rotatable bonds is 7. The molecule has 0 spiro atoms. The molecule has 0 bridgehead atoms. The molecule has 0 aliphatic heterocycles. The van der Waals surface area contributed by atoms with Crippen LogP contribution in [0.2, 0.25) is 0 Å². The fraction of sp³-hybridized carbons (Fsp3) is 0.375. The van der Waals surface area contributed by atoms with Crippen LogP contribution in [0.25, 0.3) is 0 Å². The van der Waals surface area contributed by atoms with Gasteiger partial charge in [-0.1, -0.05) is 12.1 Å². The molecule has 0 aliphatic carbocycles. The van der Waals surface area contributed by atoms with Crippen molar-refractivity contribution in [2.24, 2.45) is 10.1 Å². The van der Waals surface area contributed by atoms with E-state index in [-0.39, 0.29) is 4.90 Å². The predicted molar refractivity (Wildman–Crippen MR) is 102 cm³/mol. The number of aromatic nitrogens is 1. The van der Waals surface area contributed by atoms with Crippen molar-refractivity contribution in [1.82, 2.24) is 15.6 Å². The highest BCUT2D eigenvalue weighted by Crippen LogP contribution is 2.29. The van der Waals surface area contributed by atoms with Crippen molar-refractivity contribution in [3.63, 3.8) is 0 Å². The number of halogens is 3. The maximum Gasteiger partial charge on any atom is 0.434 e. The van der Waals surface area contributed by atoms with Gasteiger partial charge in [0.15, 0.2) is 11.7 Å². The molecule has 154 valence electrons. The smallest absolute Gasteiger partial charge is 0.356 e. The highest BCUT2D eigenvalue weighted by molar-refractivity contribution is 7.89. The van der Waals surface area contributed by atoms with Gasteiger partial charge in [-0.2, -0.15) is 13.2 Å². The highest BCUT2D eigenvalue weighted by atomic mass is 32.2. The molecule has 0 atom stereocenters. The van der Waals surface area contributed by atoms with Crippen LogP contribution < -0.4 is 15.8 Å². The maximum atomic E-state index is 12.5. The van der Waals surface area contributed by atoms with Crippen LogP contribution in [-0.4, -0.2) is 39.5 Å². The van der Waals surface area contributed by atoms with E-state index >= 15 is 0 Å². The second kappa shape index (κ2) is 9.34. The van der Waals surface area contributed by atoms with Crippen molar-refractivity contribution >= 4 is 27.3 Å².